The standard InChI is InChI=1S/C42H47N11O6/c54-35(10-1-2-17-43-33-9-5-8-31-37(33)41(58)53(40(31)57)34-15-16-36(55)48-39(34)56)44-18-3-4-19-50-20-22-51(23-21-50)29-13-11-28(12-14-29)32-26-46-42(52-27-47-49-38(32)52)45-25-30-7-6-24-59-30/h5-9,11-14,24,26-27,34,43H,1-4,10,15-23,25H2,(H,44,54)(H,45,46)(H,48,55,56). The highest BCUT2D eigenvalue weighted by atomic mass is 16.3. The minimum atomic E-state index is -1.01. The molecule has 6 heterocycles. The van der Waals surface area contributed by atoms with Gasteiger partial charge in [0.15, 0.2) is 5.65 Å². The molecule has 59 heavy (non-hydrogen) atoms. The van der Waals surface area contributed by atoms with Crippen molar-refractivity contribution in [1.82, 2.24) is 40.0 Å². The second-order valence-corrected chi connectivity index (χ2v) is 14.9. The monoisotopic (exact) mass is 801 g/mol. The number of amides is 5. The van der Waals surface area contributed by atoms with Gasteiger partial charge in [0.2, 0.25) is 23.7 Å². The molecule has 5 aromatic rings. The molecule has 3 aromatic heterocycles. The van der Waals surface area contributed by atoms with E-state index in [0.29, 0.717) is 50.5 Å². The van der Waals surface area contributed by atoms with E-state index in [4.69, 9.17) is 4.42 Å². The first-order valence-corrected chi connectivity index (χ1v) is 20.2. The van der Waals surface area contributed by atoms with Crippen LogP contribution in [0, 0.1) is 0 Å². The van der Waals surface area contributed by atoms with E-state index in [2.05, 4.69) is 70.5 Å². The molecule has 17 heteroatoms. The minimum Gasteiger partial charge on any atom is -0.467 e. The highest BCUT2D eigenvalue weighted by Crippen LogP contribution is 2.33. The maximum absolute atomic E-state index is 13.3. The number of piperidine rings is 1. The number of hydrogen-bond donors (Lipinski definition) is 4. The number of furan rings is 1. The van der Waals surface area contributed by atoms with E-state index in [0.717, 1.165) is 73.0 Å². The van der Waals surface area contributed by atoms with E-state index in [-0.39, 0.29) is 29.9 Å². The summed E-state index contributed by atoms with van der Waals surface area (Å²) in [6, 6.07) is 16.3. The summed E-state index contributed by atoms with van der Waals surface area (Å²) in [7, 11) is 0. The van der Waals surface area contributed by atoms with Gasteiger partial charge in [0.25, 0.3) is 11.8 Å². The largest absolute Gasteiger partial charge is 0.467 e. The van der Waals surface area contributed by atoms with Crippen LogP contribution in [-0.2, 0) is 20.9 Å². The molecule has 1 atom stereocenters. The van der Waals surface area contributed by atoms with Crippen LogP contribution < -0.4 is 26.2 Å². The van der Waals surface area contributed by atoms with Crippen molar-refractivity contribution in [2.24, 2.45) is 0 Å². The first kappa shape index (κ1) is 39.2. The summed E-state index contributed by atoms with van der Waals surface area (Å²) in [5.74, 6) is -0.666. The van der Waals surface area contributed by atoms with E-state index < -0.39 is 29.7 Å². The van der Waals surface area contributed by atoms with Crippen molar-refractivity contribution in [3.05, 3.63) is 90.3 Å². The topological polar surface area (TPSA) is 199 Å². The van der Waals surface area contributed by atoms with Crippen molar-refractivity contribution in [3.8, 4) is 11.1 Å². The molecule has 3 aliphatic rings. The molecule has 1 unspecified atom stereocenters. The average molecular weight is 802 g/mol. The summed E-state index contributed by atoms with van der Waals surface area (Å²) < 4.78 is 7.26. The van der Waals surface area contributed by atoms with Gasteiger partial charge in [0, 0.05) is 75.2 Å². The number of unbranched alkanes of at least 4 members (excludes halogenated alkanes) is 2. The number of imide groups is 2. The molecule has 3 aliphatic heterocycles. The van der Waals surface area contributed by atoms with Crippen molar-refractivity contribution in [1.29, 1.82) is 0 Å². The summed E-state index contributed by atoms with van der Waals surface area (Å²) >= 11 is 0. The zero-order valence-corrected chi connectivity index (χ0v) is 32.7. The molecule has 0 radical (unpaired) electrons. The fraction of sp³-hybridized carbons (Fsp3) is 0.381. The predicted molar refractivity (Wildman–Crippen MR) is 219 cm³/mol. The first-order chi connectivity index (χ1) is 28.8. The number of hydrogen-bond acceptors (Lipinski definition) is 13. The third-order valence-corrected chi connectivity index (χ3v) is 11.1. The molecular weight excluding hydrogens is 755 g/mol. The van der Waals surface area contributed by atoms with Crippen LogP contribution in [0.4, 0.5) is 17.3 Å². The lowest BCUT2D eigenvalue weighted by Gasteiger charge is -2.36. The second kappa shape index (κ2) is 17.9. The molecule has 0 spiro atoms. The normalized spacial score (nSPS) is 17.1. The van der Waals surface area contributed by atoms with Crippen LogP contribution in [0.1, 0.15) is 71.4 Å². The number of carbonyl (C=O) groups is 5. The summed E-state index contributed by atoms with van der Waals surface area (Å²) in [6.45, 7) is 6.49. The Morgan fingerprint density at radius 2 is 1.69 bits per heavy atom. The van der Waals surface area contributed by atoms with Crippen molar-refractivity contribution in [3.63, 3.8) is 0 Å². The third-order valence-electron chi connectivity index (χ3n) is 11.1. The lowest BCUT2D eigenvalue weighted by Crippen LogP contribution is -2.54. The van der Waals surface area contributed by atoms with Crippen molar-refractivity contribution < 1.29 is 28.4 Å². The van der Waals surface area contributed by atoms with Crippen LogP contribution in [0.3, 0.4) is 0 Å². The Bertz CT molecular complexity index is 2320. The number of nitrogens with zero attached hydrogens (tertiary/aromatic N) is 7. The van der Waals surface area contributed by atoms with E-state index in [9.17, 15) is 24.0 Å². The van der Waals surface area contributed by atoms with Gasteiger partial charge in [-0.15, -0.1) is 10.2 Å². The Kier molecular flexibility index (Phi) is 11.9. The zero-order valence-electron chi connectivity index (χ0n) is 32.7. The fourth-order valence-electron chi connectivity index (χ4n) is 7.89. The van der Waals surface area contributed by atoms with Crippen LogP contribution in [-0.4, -0.2) is 111 Å². The number of carbonyl (C=O) groups excluding carboxylic acids is 5. The van der Waals surface area contributed by atoms with Gasteiger partial charge >= 0.3 is 0 Å². The Hall–Kier alpha value is -6.62. The molecule has 0 aliphatic carbocycles. The molecule has 2 fully saturated rings. The maximum Gasteiger partial charge on any atom is 0.264 e. The predicted octanol–water partition coefficient (Wildman–Crippen LogP) is 3.70. The molecule has 5 amide bonds. The van der Waals surface area contributed by atoms with E-state index in [1.165, 1.54) is 5.69 Å². The van der Waals surface area contributed by atoms with Crippen LogP contribution in [0.2, 0.25) is 0 Å². The van der Waals surface area contributed by atoms with Crippen molar-refractivity contribution >= 4 is 52.5 Å². The van der Waals surface area contributed by atoms with Gasteiger partial charge in [-0.3, -0.25) is 43.5 Å². The lowest BCUT2D eigenvalue weighted by molar-refractivity contribution is -0.136. The van der Waals surface area contributed by atoms with E-state index in [1.54, 1.807) is 30.8 Å². The molecule has 0 saturated carbocycles. The Morgan fingerprint density at radius 1 is 0.864 bits per heavy atom. The molecule has 2 saturated heterocycles. The van der Waals surface area contributed by atoms with Gasteiger partial charge < -0.3 is 25.3 Å². The fourth-order valence-corrected chi connectivity index (χ4v) is 7.89. The Balaban J connectivity index is 0.701. The smallest absolute Gasteiger partial charge is 0.264 e. The maximum atomic E-state index is 13.3. The number of piperazine rings is 1. The number of anilines is 3. The van der Waals surface area contributed by atoms with E-state index in [1.807, 2.05) is 22.7 Å². The third kappa shape index (κ3) is 8.79. The van der Waals surface area contributed by atoms with Crippen LogP contribution >= 0.6 is 0 Å². The van der Waals surface area contributed by atoms with Gasteiger partial charge in [0.1, 0.15) is 18.1 Å². The number of fused-ring (bicyclic) bond motifs is 2. The first-order valence-electron chi connectivity index (χ1n) is 20.2. The molecule has 4 N–H and O–H groups in total. The van der Waals surface area contributed by atoms with Gasteiger partial charge in [-0.25, -0.2) is 4.98 Å². The Morgan fingerprint density at radius 3 is 2.49 bits per heavy atom. The summed E-state index contributed by atoms with van der Waals surface area (Å²) in [4.78, 5) is 73.3. The summed E-state index contributed by atoms with van der Waals surface area (Å²) in [6.07, 6.45) is 8.97. The number of nitrogens with one attached hydrogen (secondary N) is 4. The number of rotatable bonds is 17. The summed E-state index contributed by atoms with van der Waals surface area (Å²) in [5.41, 5.74) is 4.81. The molecule has 2 aromatic carbocycles. The SMILES string of the molecule is O=C(CCCCNc1cccc2c1C(=O)N(C1CCC(=O)NC1=O)C2=O)NCCCCN1CCN(c2ccc(-c3cnc(NCc4ccco4)n4cnnc34)cc2)CC1. The average Bonchev–Trinajstić information content (AvgIpc) is 4.02. The number of aromatic nitrogens is 4. The van der Waals surface area contributed by atoms with Gasteiger partial charge in [0.05, 0.1) is 23.9 Å². The molecule has 8 rings (SSSR count). The van der Waals surface area contributed by atoms with Crippen LogP contribution in [0.5, 0.6) is 0 Å². The molecule has 0 bridgehead atoms. The summed E-state index contributed by atoms with van der Waals surface area (Å²) in [5, 5.41) is 20.3. The van der Waals surface area contributed by atoms with Gasteiger partial charge in [-0.1, -0.05) is 18.2 Å². The Labute approximate surface area is 340 Å². The van der Waals surface area contributed by atoms with Gasteiger partial charge in [-0.2, -0.15) is 0 Å². The molecule has 306 valence electrons. The van der Waals surface area contributed by atoms with E-state index >= 15 is 0 Å². The highest BCUT2D eigenvalue weighted by molar-refractivity contribution is 6.25. The lowest BCUT2D eigenvalue weighted by atomic mass is 10.0. The molecule has 17 nitrogen and oxygen atoms in total. The molecular formula is C42H47N11O6. The van der Waals surface area contributed by atoms with Crippen LogP contribution in [0.25, 0.3) is 16.8 Å². The minimum absolute atomic E-state index is 0.0168. The van der Waals surface area contributed by atoms with Crippen LogP contribution in [0.15, 0.2) is 77.8 Å². The van der Waals surface area contributed by atoms with Crippen molar-refractivity contribution in [2.75, 3.05) is 61.3 Å². The zero-order chi connectivity index (χ0) is 40.7. The van der Waals surface area contributed by atoms with Crippen molar-refractivity contribution in [2.45, 2.75) is 57.5 Å². The second-order valence-electron chi connectivity index (χ2n) is 14.9. The van der Waals surface area contributed by atoms with Gasteiger partial charge in [-0.05, 0) is 80.6 Å². The number of benzene rings is 2. The quantitative estimate of drug-likeness (QED) is 0.0785. The highest BCUT2D eigenvalue weighted by Gasteiger charge is 2.45.